The maximum atomic E-state index is 15.9. The van der Waals surface area contributed by atoms with E-state index in [0.717, 1.165) is 31.5 Å². The fraction of sp³-hybridized carbons (Fsp3) is 0.606. The number of alkyl halides is 2. The van der Waals surface area contributed by atoms with Gasteiger partial charge in [-0.05, 0) is 111 Å². The molecule has 0 radical (unpaired) electrons. The molecule has 4 rings (SSSR count). The van der Waals surface area contributed by atoms with Crippen molar-refractivity contribution in [3.8, 4) is 0 Å². The SMILES string of the molecule is C=Nc1nc(Cl)c(C2CCN(C(C)C)CC2)cc1/C(=N\C)N[C@H](C)c1cccc(C(F)(F)C2CCN(C(C)C)CC2)c1F. The summed E-state index contributed by atoms with van der Waals surface area (Å²) in [5.74, 6) is -4.12. The topological polar surface area (TPSA) is 56.1 Å². The van der Waals surface area contributed by atoms with Gasteiger partial charge >= 0.3 is 0 Å². The Morgan fingerprint density at radius 2 is 1.60 bits per heavy atom. The van der Waals surface area contributed by atoms with E-state index in [1.807, 2.05) is 6.07 Å². The Hall–Kier alpha value is -2.49. The third-order valence-electron chi connectivity index (χ3n) is 9.29. The standard InChI is InChI=1S/C33H46ClF3N6/c1-20(2)42-15-11-23(12-16-42)26-19-27(32(39-7)41-30(26)34)31(38-6)40-22(5)25-9-8-10-28(29(25)35)33(36,37)24-13-17-43(18-14-24)21(3)4/h8-10,19-24H,7,11-18H2,1-6H3,(H,38,40)/t22-/m1/s1. The van der Waals surface area contributed by atoms with Crippen LogP contribution in [0.15, 0.2) is 34.3 Å². The fourth-order valence-corrected chi connectivity index (χ4v) is 6.78. The summed E-state index contributed by atoms with van der Waals surface area (Å²) in [4.78, 5) is 17.7. The van der Waals surface area contributed by atoms with Gasteiger partial charge in [-0.15, -0.1) is 0 Å². The summed E-state index contributed by atoms with van der Waals surface area (Å²) in [5.41, 5.74) is 1.11. The van der Waals surface area contributed by atoms with Gasteiger partial charge in [0.2, 0.25) is 0 Å². The largest absolute Gasteiger partial charge is 0.363 e. The second-order valence-corrected chi connectivity index (χ2v) is 12.8. The Labute approximate surface area is 259 Å². The number of rotatable bonds is 9. The molecule has 0 spiro atoms. The van der Waals surface area contributed by atoms with Crippen LogP contribution in [-0.2, 0) is 5.92 Å². The molecular formula is C33H46ClF3N6. The van der Waals surface area contributed by atoms with Gasteiger partial charge < -0.3 is 15.1 Å². The zero-order chi connectivity index (χ0) is 31.5. The first-order chi connectivity index (χ1) is 20.4. The summed E-state index contributed by atoms with van der Waals surface area (Å²) in [7, 11) is 1.61. The third-order valence-corrected chi connectivity index (χ3v) is 9.59. The van der Waals surface area contributed by atoms with Crippen LogP contribution in [0.1, 0.15) is 94.5 Å². The normalized spacial score (nSPS) is 19.3. The molecule has 2 aliphatic heterocycles. The zero-order valence-corrected chi connectivity index (χ0v) is 27.1. The second-order valence-electron chi connectivity index (χ2n) is 12.5. The number of aromatic nitrogens is 1. The van der Waals surface area contributed by atoms with Crippen LogP contribution in [0.3, 0.4) is 0 Å². The highest BCUT2D eigenvalue weighted by atomic mass is 35.5. The number of nitrogens with zero attached hydrogens (tertiary/aromatic N) is 5. The van der Waals surface area contributed by atoms with Crippen LogP contribution < -0.4 is 5.32 Å². The van der Waals surface area contributed by atoms with Gasteiger partial charge in [-0.2, -0.15) is 0 Å². The summed E-state index contributed by atoms with van der Waals surface area (Å²) in [6.07, 6.45) is 2.56. The molecule has 3 heterocycles. The molecule has 1 atom stereocenters. The van der Waals surface area contributed by atoms with Crippen molar-refractivity contribution in [2.75, 3.05) is 33.2 Å². The maximum Gasteiger partial charge on any atom is 0.278 e. The average molecular weight is 619 g/mol. The van der Waals surface area contributed by atoms with E-state index in [-0.39, 0.29) is 11.5 Å². The Balaban J connectivity index is 1.57. The van der Waals surface area contributed by atoms with E-state index in [2.05, 4.69) is 64.5 Å². The minimum atomic E-state index is -3.27. The highest BCUT2D eigenvalue weighted by molar-refractivity contribution is 6.30. The van der Waals surface area contributed by atoms with Crippen molar-refractivity contribution in [2.45, 2.75) is 90.3 Å². The number of halogens is 4. The lowest BCUT2D eigenvalue weighted by molar-refractivity contribution is -0.0900. The maximum absolute atomic E-state index is 15.9. The van der Waals surface area contributed by atoms with E-state index in [4.69, 9.17) is 11.6 Å². The molecule has 43 heavy (non-hydrogen) atoms. The summed E-state index contributed by atoms with van der Waals surface area (Å²) < 4.78 is 47.4. The molecule has 2 aliphatic rings. The molecule has 1 aromatic heterocycles. The second kappa shape index (κ2) is 14.1. The van der Waals surface area contributed by atoms with Crippen molar-refractivity contribution < 1.29 is 13.2 Å². The predicted molar refractivity (Wildman–Crippen MR) is 171 cm³/mol. The van der Waals surface area contributed by atoms with Crippen LogP contribution in [0.25, 0.3) is 0 Å². The number of aliphatic imine (C=N–C) groups is 2. The van der Waals surface area contributed by atoms with Crippen molar-refractivity contribution in [1.29, 1.82) is 0 Å². The number of piperidine rings is 2. The number of hydrogen-bond donors (Lipinski definition) is 1. The van der Waals surface area contributed by atoms with E-state index in [1.54, 1.807) is 20.0 Å². The lowest BCUT2D eigenvalue weighted by Gasteiger charge is -2.38. The monoisotopic (exact) mass is 618 g/mol. The highest BCUT2D eigenvalue weighted by Gasteiger charge is 2.45. The molecule has 0 unspecified atom stereocenters. The molecular weight excluding hydrogens is 573 g/mol. The molecule has 0 amide bonds. The van der Waals surface area contributed by atoms with Crippen molar-refractivity contribution in [3.05, 3.63) is 57.5 Å². The molecule has 0 saturated carbocycles. The first-order valence-corrected chi connectivity index (χ1v) is 15.8. The minimum Gasteiger partial charge on any atom is -0.363 e. The van der Waals surface area contributed by atoms with Crippen LogP contribution in [0.5, 0.6) is 0 Å². The Morgan fingerprint density at radius 1 is 1.02 bits per heavy atom. The van der Waals surface area contributed by atoms with Crippen LogP contribution in [0.2, 0.25) is 5.15 Å². The molecule has 1 aromatic carbocycles. The van der Waals surface area contributed by atoms with Crippen molar-refractivity contribution in [1.82, 2.24) is 20.1 Å². The third kappa shape index (κ3) is 7.26. The van der Waals surface area contributed by atoms with Crippen LogP contribution in [0.4, 0.5) is 19.0 Å². The molecule has 6 nitrogen and oxygen atoms in total. The first-order valence-electron chi connectivity index (χ1n) is 15.4. The van der Waals surface area contributed by atoms with E-state index < -0.39 is 29.3 Å². The van der Waals surface area contributed by atoms with Crippen molar-refractivity contribution in [2.24, 2.45) is 15.9 Å². The van der Waals surface area contributed by atoms with E-state index in [0.29, 0.717) is 60.4 Å². The molecule has 236 valence electrons. The van der Waals surface area contributed by atoms with Crippen molar-refractivity contribution in [3.63, 3.8) is 0 Å². The molecule has 0 bridgehead atoms. The number of amidine groups is 1. The van der Waals surface area contributed by atoms with Crippen LogP contribution in [-0.4, -0.2) is 72.6 Å². The summed E-state index contributed by atoms with van der Waals surface area (Å²) >= 11 is 6.63. The van der Waals surface area contributed by atoms with Gasteiger partial charge in [0.05, 0.1) is 17.2 Å². The fourth-order valence-electron chi connectivity index (χ4n) is 6.49. The van der Waals surface area contributed by atoms with Gasteiger partial charge in [0.1, 0.15) is 16.8 Å². The van der Waals surface area contributed by atoms with Gasteiger partial charge in [-0.25, -0.2) is 23.1 Å². The van der Waals surface area contributed by atoms with E-state index in [9.17, 15) is 0 Å². The number of nitrogens with one attached hydrogen (secondary N) is 1. The van der Waals surface area contributed by atoms with Gasteiger partial charge in [0.15, 0.2) is 5.82 Å². The summed E-state index contributed by atoms with van der Waals surface area (Å²) in [6, 6.07) is 6.34. The molecule has 2 saturated heterocycles. The van der Waals surface area contributed by atoms with Crippen molar-refractivity contribution >= 4 is 30.0 Å². The van der Waals surface area contributed by atoms with Crippen LogP contribution >= 0.6 is 11.6 Å². The van der Waals surface area contributed by atoms with E-state index in [1.165, 1.54) is 12.1 Å². The summed E-state index contributed by atoms with van der Waals surface area (Å²) in [5, 5.41) is 3.63. The summed E-state index contributed by atoms with van der Waals surface area (Å²) in [6.45, 7) is 17.0. The lowest BCUT2D eigenvalue weighted by Crippen LogP contribution is -2.42. The van der Waals surface area contributed by atoms with E-state index >= 15 is 13.2 Å². The average Bonchev–Trinajstić information content (AvgIpc) is 2.99. The number of benzene rings is 1. The zero-order valence-electron chi connectivity index (χ0n) is 26.3. The lowest BCUT2D eigenvalue weighted by atomic mass is 9.85. The van der Waals surface area contributed by atoms with Crippen LogP contribution in [0, 0.1) is 11.7 Å². The smallest absolute Gasteiger partial charge is 0.278 e. The molecule has 1 N–H and O–H groups in total. The predicted octanol–water partition coefficient (Wildman–Crippen LogP) is 7.73. The number of hydrogen-bond acceptors (Lipinski definition) is 5. The quantitative estimate of drug-likeness (QED) is 0.177. The molecule has 2 fully saturated rings. The molecule has 2 aromatic rings. The van der Waals surface area contributed by atoms with Gasteiger partial charge in [0.25, 0.3) is 5.92 Å². The Kier molecular flexibility index (Phi) is 10.9. The highest BCUT2D eigenvalue weighted by Crippen LogP contribution is 2.44. The first kappa shape index (κ1) is 33.4. The molecule has 10 heteroatoms. The Morgan fingerprint density at radius 3 is 2.14 bits per heavy atom. The van der Waals surface area contributed by atoms with Gasteiger partial charge in [-0.3, -0.25) is 4.99 Å². The number of pyridine rings is 1. The van der Waals surface area contributed by atoms with Gasteiger partial charge in [0, 0.05) is 30.6 Å². The minimum absolute atomic E-state index is 0.147. The Bertz CT molecular complexity index is 1300. The number of likely N-dealkylation sites (tertiary alicyclic amines) is 2. The van der Waals surface area contributed by atoms with Gasteiger partial charge in [-0.1, -0.05) is 29.8 Å². The molecule has 0 aliphatic carbocycles.